The number of rotatable bonds is 5. The fourth-order valence-corrected chi connectivity index (χ4v) is 2.02. The van der Waals surface area contributed by atoms with Gasteiger partial charge in [-0.15, -0.1) is 13.2 Å². The summed E-state index contributed by atoms with van der Waals surface area (Å²) >= 11 is 0. The lowest BCUT2D eigenvalue weighted by Crippen LogP contribution is -2.17. The van der Waals surface area contributed by atoms with Crippen LogP contribution in [0.3, 0.4) is 0 Å². The molecule has 3 aromatic rings. The summed E-state index contributed by atoms with van der Waals surface area (Å²) in [5.74, 6) is -0.735. The number of hydrogen-bond donors (Lipinski definition) is 0. The topological polar surface area (TPSA) is 74.5 Å². The first-order valence-corrected chi connectivity index (χ1v) is 7.32. The maximum Gasteiger partial charge on any atom is 0.573 e. The molecule has 134 valence electrons. The highest BCUT2D eigenvalue weighted by molar-refractivity contribution is 5.89. The van der Waals surface area contributed by atoms with Gasteiger partial charge in [-0.2, -0.15) is 4.98 Å². The molecular formula is C17H11F3N2O4. The SMILES string of the molecule is O=C(OCc1nc(-c2ccccc2)no1)c1ccc(OC(F)(F)F)cc1. The second-order valence-electron chi connectivity index (χ2n) is 5.03. The third-order valence-electron chi connectivity index (χ3n) is 3.15. The summed E-state index contributed by atoms with van der Waals surface area (Å²) in [6, 6.07) is 13.4. The van der Waals surface area contributed by atoms with E-state index in [1.807, 2.05) is 18.2 Å². The van der Waals surface area contributed by atoms with Crippen molar-refractivity contribution in [1.29, 1.82) is 0 Å². The highest BCUT2D eigenvalue weighted by atomic mass is 19.4. The van der Waals surface area contributed by atoms with E-state index in [0.29, 0.717) is 5.82 Å². The first-order valence-electron chi connectivity index (χ1n) is 7.32. The molecule has 26 heavy (non-hydrogen) atoms. The van der Waals surface area contributed by atoms with Crippen LogP contribution in [-0.4, -0.2) is 22.5 Å². The van der Waals surface area contributed by atoms with Gasteiger partial charge in [-0.05, 0) is 24.3 Å². The van der Waals surface area contributed by atoms with Crippen LogP contribution in [0.1, 0.15) is 16.2 Å². The summed E-state index contributed by atoms with van der Waals surface area (Å²) in [7, 11) is 0. The molecule has 0 aliphatic heterocycles. The highest BCUT2D eigenvalue weighted by Gasteiger charge is 2.31. The molecule has 0 atom stereocenters. The minimum atomic E-state index is -4.80. The highest BCUT2D eigenvalue weighted by Crippen LogP contribution is 2.23. The predicted molar refractivity (Wildman–Crippen MR) is 82.0 cm³/mol. The third-order valence-corrected chi connectivity index (χ3v) is 3.15. The molecule has 0 radical (unpaired) electrons. The number of carbonyl (C=O) groups is 1. The largest absolute Gasteiger partial charge is 0.573 e. The maximum absolute atomic E-state index is 12.1. The van der Waals surface area contributed by atoms with Gasteiger partial charge in [0.05, 0.1) is 5.56 Å². The zero-order valence-corrected chi connectivity index (χ0v) is 13.1. The van der Waals surface area contributed by atoms with Gasteiger partial charge in [-0.1, -0.05) is 35.5 Å². The second-order valence-corrected chi connectivity index (χ2v) is 5.03. The zero-order chi connectivity index (χ0) is 18.6. The van der Waals surface area contributed by atoms with Crippen molar-refractivity contribution in [2.75, 3.05) is 0 Å². The average Bonchev–Trinajstić information content (AvgIpc) is 3.09. The van der Waals surface area contributed by atoms with Gasteiger partial charge >= 0.3 is 12.3 Å². The smallest absolute Gasteiger partial charge is 0.452 e. The van der Waals surface area contributed by atoms with Gasteiger partial charge < -0.3 is 14.0 Å². The Kier molecular flexibility index (Phi) is 4.87. The average molecular weight is 364 g/mol. The van der Waals surface area contributed by atoms with Crippen LogP contribution in [0.15, 0.2) is 59.1 Å². The third kappa shape index (κ3) is 4.59. The van der Waals surface area contributed by atoms with Gasteiger partial charge in [0.25, 0.3) is 5.89 Å². The van der Waals surface area contributed by atoms with Crippen molar-refractivity contribution >= 4 is 5.97 Å². The predicted octanol–water partition coefficient (Wildman–Crippen LogP) is 3.99. The normalized spacial score (nSPS) is 11.2. The standard InChI is InChI=1S/C17H11F3N2O4/c18-17(19,20)25-13-8-6-12(7-9-13)16(23)24-10-14-21-15(22-26-14)11-4-2-1-3-5-11/h1-9H,10H2. The van der Waals surface area contributed by atoms with Gasteiger partial charge in [0, 0.05) is 5.56 Å². The lowest BCUT2D eigenvalue weighted by molar-refractivity contribution is -0.274. The molecule has 0 saturated heterocycles. The molecule has 1 heterocycles. The van der Waals surface area contributed by atoms with E-state index in [-0.39, 0.29) is 18.1 Å². The fraction of sp³-hybridized carbons (Fsp3) is 0.118. The number of halogens is 3. The Labute approximate surface area is 145 Å². The van der Waals surface area contributed by atoms with Crippen molar-refractivity contribution in [3.63, 3.8) is 0 Å². The maximum atomic E-state index is 12.1. The van der Waals surface area contributed by atoms with Gasteiger partial charge in [-0.25, -0.2) is 4.79 Å². The van der Waals surface area contributed by atoms with Crippen LogP contribution in [0.2, 0.25) is 0 Å². The van der Waals surface area contributed by atoms with Crippen LogP contribution < -0.4 is 4.74 Å². The Morgan fingerprint density at radius 1 is 1.04 bits per heavy atom. The van der Waals surface area contributed by atoms with Gasteiger partial charge in [-0.3, -0.25) is 0 Å². The van der Waals surface area contributed by atoms with E-state index in [0.717, 1.165) is 29.8 Å². The van der Waals surface area contributed by atoms with E-state index in [4.69, 9.17) is 9.26 Å². The summed E-state index contributed by atoms with van der Waals surface area (Å²) in [5, 5.41) is 3.78. The molecule has 0 saturated carbocycles. The van der Waals surface area contributed by atoms with Gasteiger partial charge in [0.1, 0.15) is 5.75 Å². The Morgan fingerprint density at radius 3 is 2.38 bits per heavy atom. The van der Waals surface area contributed by atoms with Crippen molar-refractivity contribution in [2.45, 2.75) is 13.0 Å². The first-order chi connectivity index (χ1) is 12.4. The first kappa shape index (κ1) is 17.5. The van der Waals surface area contributed by atoms with Crippen molar-refractivity contribution in [1.82, 2.24) is 10.1 Å². The van der Waals surface area contributed by atoms with Crippen LogP contribution in [0, 0.1) is 0 Å². The molecule has 1 aromatic heterocycles. The van der Waals surface area contributed by atoms with Crippen LogP contribution in [-0.2, 0) is 11.3 Å². The van der Waals surface area contributed by atoms with Gasteiger partial charge in [0.2, 0.25) is 5.82 Å². The molecular weight excluding hydrogens is 353 g/mol. The quantitative estimate of drug-likeness (QED) is 0.637. The van der Waals surface area contributed by atoms with E-state index >= 15 is 0 Å². The molecule has 0 unspecified atom stereocenters. The number of carbonyl (C=O) groups excluding carboxylic acids is 1. The van der Waals surface area contributed by atoms with E-state index in [1.165, 1.54) is 0 Å². The van der Waals surface area contributed by atoms with E-state index < -0.39 is 18.1 Å². The number of ether oxygens (including phenoxy) is 2. The molecule has 6 nitrogen and oxygen atoms in total. The molecule has 0 bridgehead atoms. The molecule has 0 fully saturated rings. The van der Waals surface area contributed by atoms with Crippen LogP contribution in [0.25, 0.3) is 11.4 Å². The number of hydrogen-bond acceptors (Lipinski definition) is 6. The molecule has 2 aromatic carbocycles. The molecule has 9 heteroatoms. The summed E-state index contributed by atoms with van der Waals surface area (Å²) in [4.78, 5) is 16.0. The van der Waals surface area contributed by atoms with Gasteiger partial charge in [0.15, 0.2) is 6.61 Å². The number of alkyl halides is 3. The molecule has 0 aliphatic rings. The summed E-state index contributed by atoms with van der Waals surface area (Å²) in [6.45, 7) is -0.264. The van der Waals surface area contributed by atoms with Crippen molar-refractivity contribution in [2.24, 2.45) is 0 Å². The molecule has 3 rings (SSSR count). The van der Waals surface area contributed by atoms with Crippen molar-refractivity contribution in [3.05, 3.63) is 66.1 Å². The van der Waals surface area contributed by atoms with Crippen LogP contribution in [0.4, 0.5) is 13.2 Å². The minimum absolute atomic E-state index is 0.0577. The second kappa shape index (κ2) is 7.26. The summed E-state index contributed by atoms with van der Waals surface area (Å²) in [5.41, 5.74) is 0.802. The van der Waals surface area contributed by atoms with Crippen molar-refractivity contribution < 1.29 is 32.0 Å². The molecule has 0 spiro atoms. The van der Waals surface area contributed by atoms with Crippen molar-refractivity contribution in [3.8, 4) is 17.1 Å². The Balaban J connectivity index is 1.58. The van der Waals surface area contributed by atoms with E-state index in [9.17, 15) is 18.0 Å². The Hall–Kier alpha value is -3.36. The van der Waals surface area contributed by atoms with E-state index in [1.54, 1.807) is 12.1 Å². The van der Waals surface area contributed by atoms with Crippen LogP contribution in [0.5, 0.6) is 5.75 Å². The molecule has 0 amide bonds. The van der Waals surface area contributed by atoms with E-state index in [2.05, 4.69) is 14.9 Å². The monoisotopic (exact) mass is 364 g/mol. The lowest BCUT2D eigenvalue weighted by atomic mass is 10.2. The number of benzene rings is 2. The lowest BCUT2D eigenvalue weighted by Gasteiger charge is -2.08. The Morgan fingerprint density at radius 2 is 1.73 bits per heavy atom. The number of nitrogens with zero attached hydrogens (tertiary/aromatic N) is 2. The van der Waals surface area contributed by atoms with Crippen LogP contribution >= 0.6 is 0 Å². The molecule has 0 N–H and O–H groups in total. The summed E-state index contributed by atoms with van der Waals surface area (Å²) < 4.78 is 50.0. The summed E-state index contributed by atoms with van der Waals surface area (Å²) in [6.07, 6.45) is -4.80. The number of aromatic nitrogens is 2. The number of esters is 1. The minimum Gasteiger partial charge on any atom is -0.452 e. The zero-order valence-electron chi connectivity index (χ0n) is 13.1. The fourth-order valence-electron chi connectivity index (χ4n) is 2.02. The molecule has 0 aliphatic carbocycles. The Bertz CT molecular complexity index is 877.